The number of carbonyl (C=O) groups excluding carboxylic acids is 1. The summed E-state index contributed by atoms with van der Waals surface area (Å²) in [6.07, 6.45) is 3.42. The molecule has 5 nitrogen and oxygen atoms in total. The first kappa shape index (κ1) is 8.28. The van der Waals surface area contributed by atoms with E-state index in [1.54, 1.807) is 0 Å². The van der Waals surface area contributed by atoms with Crippen molar-refractivity contribution >= 4 is 17.9 Å². The van der Waals surface area contributed by atoms with Gasteiger partial charge in [0.1, 0.15) is 23.1 Å². The molecule has 0 aromatic rings. The third-order valence-corrected chi connectivity index (χ3v) is 1.89. The number of amides is 1. The van der Waals surface area contributed by atoms with Crippen molar-refractivity contribution in [1.29, 1.82) is 0 Å². The minimum Gasteiger partial charge on any atom is -0.614 e. The van der Waals surface area contributed by atoms with E-state index in [0.29, 0.717) is 11.9 Å². The molecule has 0 unspecified atom stereocenters. The molecule has 1 aliphatic rings. The molecule has 2 N–H and O–H groups in total. The molecule has 1 heterocycles. The molecule has 6 heteroatoms. The Labute approximate surface area is 67.0 Å². The molecule has 0 aromatic heterocycles. The molecule has 0 spiro atoms. The number of carbonyl (C=O) groups is 1. The van der Waals surface area contributed by atoms with Gasteiger partial charge in [0.2, 0.25) is 0 Å². The van der Waals surface area contributed by atoms with E-state index in [-0.39, 0.29) is 4.91 Å². The van der Waals surface area contributed by atoms with Crippen LogP contribution in [0, 0.1) is 10.4 Å². The number of hydroxylamine groups is 2. The zero-order valence-electron chi connectivity index (χ0n) is 5.39. The number of nitrogens with two attached hydrogens (primary N) is 1. The summed E-state index contributed by atoms with van der Waals surface area (Å²) in [6.45, 7) is 0. The van der Waals surface area contributed by atoms with E-state index in [4.69, 9.17) is 5.73 Å². The van der Waals surface area contributed by atoms with Crippen molar-refractivity contribution in [2.45, 2.75) is 0 Å². The summed E-state index contributed by atoms with van der Waals surface area (Å²) in [5.41, 5.74) is 4.84. The van der Waals surface area contributed by atoms with E-state index < -0.39 is 10.1 Å². The second-order valence-corrected chi connectivity index (χ2v) is 3.00. The van der Waals surface area contributed by atoms with Gasteiger partial charge in [0, 0.05) is 0 Å². The highest BCUT2D eigenvalue weighted by atomic mass is 32.2. The standard InChI is InChI=1S/C5H5N2O3S/c6-5(8)4-2-1-3-7(9,10)11-4/h1-3H,(H2,6,8)/q-1. The Bertz CT molecular complexity index is 246. The van der Waals surface area contributed by atoms with Gasteiger partial charge in [-0.05, 0) is 12.2 Å². The number of quaternary nitrogens is 1. The van der Waals surface area contributed by atoms with E-state index in [9.17, 15) is 15.2 Å². The van der Waals surface area contributed by atoms with Crippen LogP contribution in [0.15, 0.2) is 23.3 Å². The largest absolute Gasteiger partial charge is 0.614 e. The zero-order valence-corrected chi connectivity index (χ0v) is 6.21. The molecule has 11 heavy (non-hydrogen) atoms. The Kier molecular flexibility index (Phi) is 2.01. The maximum Gasteiger partial charge on any atom is 0.260 e. The van der Waals surface area contributed by atoms with Crippen molar-refractivity contribution in [2.75, 3.05) is 0 Å². The van der Waals surface area contributed by atoms with Crippen LogP contribution in [0.25, 0.3) is 0 Å². The van der Waals surface area contributed by atoms with Crippen LogP contribution >= 0.6 is 11.9 Å². The Morgan fingerprint density at radius 1 is 1.64 bits per heavy atom. The lowest BCUT2D eigenvalue weighted by Crippen LogP contribution is -2.25. The summed E-state index contributed by atoms with van der Waals surface area (Å²) >= 11 is 0.323. The van der Waals surface area contributed by atoms with Crippen LogP contribution < -0.4 is 5.73 Å². The number of hydrogen-bond acceptors (Lipinski definition) is 4. The number of primary amides is 1. The molecule has 0 fully saturated rings. The predicted molar refractivity (Wildman–Crippen MR) is 41.0 cm³/mol. The molecule has 0 bridgehead atoms. The van der Waals surface area contributed by atoms with Crippen molar-refractivity contribution in [3.63, 3.8) is 0 Å². The molecule has 0 aromatic carbocycles. The number of rotatable bonds is 1. The molecule has 1 aliphatic heterocycles. The lowest BCUT2D eigenvalue weighted by molar-refractivity contribution is -0.617. The van der Waals surface area contributed by atoms with Crippen molar-refractivity contribution in [1.82, 2.24) is 0 Å². The first-order valence-corrected chi connectivity index (χ1v) is 3.48. The molecule has 0 saturated heterocycles. The maximum atomic E-state index is 10.6. The number of hydrogen-bond donors (Lipinski definition) is 1. The normalized spacial score (nSPS) is 21.1. The van der Waals surface area contributed by atoms with Gasteiger partial charge in [-0.1, -0.05) is 0 Å². The monoisotopic (exact) mass is 173 g/mol. The van der Waals surface area contributed by atoms with E-state index >= 15 is 0 Å². The summed E-state index contributed by atoms with van der Waals surface area (Å²) in [5, 5.41) is 21.3. The average Bonchev–Trinajstić information content (AvgIpc) is 1.85. The molecular formula is C5H5N2O3S-. The third kappa shape index (κ3) is 2.05. The summed E-state index contributed by atoms with van der Waals surface area (Å²) in [7, 11) is 0. The minimum atomic E-state index is -1.89. The van der Waals surface area contributed by atoms with Gasteiger partial charge in [0.25, 0.3) is 5.91 Å². The van der Waals surface area contributed by atoms with E-state index in [2.05, 4.69) is 0 Å². The lowest BCUT2D eigenvalue weighted by atomic mass is 10.4. The smallest absolute Gasteiger partial charge is 0.260 e. The quantitative estimate of drug-likeness (QED) is 0.352. The molecule has 0 atom stereocenters. The molecular weight excluding hydrogens is 168 g/mol. The summed E-state index contributed by atoms with van der Waals surface area (Å²) in [6, 6.07) is 0. The van der Waals surface area contributed by atoms with Crippen LogP contribution in [-0.2, 0) is 4.79 Å². The summed E-state index contributed by atoms with van der Waals surface area (Å²) < 4.78 is -1.89. The van der Waals surface area contributed by atoms with Crippen LogP contribution in [0.4, 0.5) is 0 Å². The highest BCUT2D eigenvalue weighted by molar-refractivity contribution is 7.98. The van der Waals surface area contributed by atoms with Gasteiger partial charge in [-0.25, -0.2) is 0 Å². The van der Waals surface area contributed by atoms with E-state index in [1.807, 2.05) is 0 Å². The average molecular weight is 173 g/mol. The predicted octanol–water partition coefficient (Wildman–Crippen LogP) is 0.344. The van der Waals surface area contributed by atoms with Crippen molar-refractivity contribution < 1.29 is 9.01 Å². The van der Waals surface area contributed by atoms with Crippen molar-refractivity contribution in [2.24, 2.45) is 5.73 Å². The SMILES string of the molecule is NC(=O)C1=CC=C[N+]([O-])([O-])S1. The second kappa shape index (κ2) is 2.67. The Balaban J connectivity index is 2.81. The lowest BCUT2D eigenvalue weighted by Gasteiger charge is -2.40. The van der Waals surface area contributed by atoms with Crippen molar-refractivity contribution in [3.8, 4) is 0 Å². The van der Waals surface area contributed by atoms with Gasteiger partial charge in [0.15, 0.2) is 0 Å². The van der Waals surface area contributed by atoms with Crippen LogP contribution in [0.5, 0.6) is 0 Å². The van der Waals surface area contributed by atoms with Crippen molar-refractivity contribution in [3.05, 3.63) is 33.7 Å². The number of allylic oxidation sites excluding steroid dienone is 2. The highest BCUT2D eigenvalue weighted by Gasteiger charge is 2.17. The fraction of sp³-hybridized carbons (Fsp3) is 0. The van der Waals surface area contributed by atoms with Crippen LogP contribution in [-0.4, -0.2) is 10.1 Å². The van der Waals surface area contributed by atoms with Gasteiger partial charge in [-0.15, -0.1) is 0 Å². The van der Waals surface area contributed by atoms with E-state index in [0.717, 1.165) is 6.20 Å². The Hall–Kier alpha value is -0.820. The maximum absolute atomic E-state index is 10.6. The minimum absolute atomic E-state index is 0.0162. The van der Waals surface area contributed by atoms with E-state index in [1.165, 1.54) is 12.2 Å². The third-order valence-electron chi connectivity index (χ3n) is 0.985. The fourth-order valence-electron chi connectivity index (χ4n) is 0.561. The second-order valence-electron chi connectivity index (χ2n) is 1.87. The first-order chi connectivity index (χ1) is 5.01. The zero-order chi connectivity index (χ0) is 8.48. The van der Waals surface area contributed by atoms with Crippen LogP contribution in [0.3, 0.4) is 0 Å². The summed E-state index contributed by atoms with van der Waals surface area (Å²) in [5.74, 6) is -0.756. The fourth-order valence-corrected chi connectivity index (χ4v) is 1.20. The van der Waals surface area contributed by atoms with Crippen LogP contribution in [0.2, 0.25) is 0 Å². The number of nitrogens with zero attached hydrogens (tertiary/aromatic N) is 1. The first-order valence-electron chi connectivity index (χ1n) is 2.71. The Morgan fingerprint density at radius 3 is 2.64 bits per heavy atom. The molecule has 1 rings (SSSR count). The molecule has 0 radical (unpaired) electrons. The molecule has 0 saturated carbocycles. The van der Waals surface area contributed by atoms with Crippen LogP contribution in [0.1, 0.15) is 0 Å². The van der Waals surface area contributed by atoms with Gasteiger partial charge in [-0.3, -0.25) is 4.79 Å². The topological polar surface area (TPSA) is 89.2 Å². The highest BCUT2D eigenvalue weighted by Crippen LogP contribution is 2.31. The molecule has 60 valence electrons. The van der Waals surface area contributed by atoms with Gasteiger partial charge < -0.3 is 20.4 Å². The van der Waals surface area contributed by atoms with Gasteiger partial charge in [0.05, 0.1) is 0 Å². The van der Waals surface area contributed by atoms with Gasteiger partial charge in [-0.2, -0.15) is 0 Å². The summed E-state index contributed by atoms with van der Waals surface area (Å²) in [4.78, 5) is 10.4. The molecule has 0 aliphatic carbocycles. The Morgan fingerprint density at radius 2 is 2.27 bits per heavy atom. The van der Waals surface area contributed by atoms with Gasteiger partial charge >= 0.3 is 0 Å². The molecule has 1 amide bonds.